The van der Waals surface area contributed by atoms with Gasteiger partial charge in [-0.05, 0) is 25.5 Å². The second-order valence-corrected chi connectivity index (χ2v) is 3.87. The van der Waals surface area contributed by atoms with Crippen molar-refractivity contribution in [3.8, 4) is 5.75 Å². The number of hydrogen-bond donors (Lipinski definition) is 1. The van der Waals surface area contributed by atoms with Crippen molar-refractivity contribution in [2.24, 2.45) is 0 Å². The molecule has 1 aromatic carbocycles. The Morgan fingerprint density at radius 2 is 2.27 bits per heavy atom. The minimum Gasteiger partial charge on any atom is -0.494 e. The Balaban J connectivity index is 2.26. The zero-order chi connectivity index (χ0) is 10.7. The highest BCUT2D eigenvalue weighted by atomic mass is 19.1. The van der Waals surface area contributed by atoms with E-state index in [1.807, 2.05) is 12.1 Å². The zero-order valence-corrected chi connectivity index (χ0v) is 8.92. The standard InChI is InChI=1S/C12H16FNO/c1-15-11-7-4-5-9(12(11)13)10-6-2-3-8-14-10/h4-5,7,10,14H,2-3,6,8H2,1H3/t10-/m0/s1. The van der Waals surface area contributed by atoms with E-state index in [0.717, 1.165) is 24.9 Å². The van der Waals surface area contributed by atoms with Gasteiger partial charge in [0.05, 0.1) is 7.11 Å². The number of halogens is 1. The summed E-state index contributed by atoms with van der Waals surface area (Å²) in [7, 11) is 1.50. The van der Waals surface area contributed by atoms with Crippen molar-refractivity contribution in [1.29, 1.82) is 0 Å². The summed E-state index contributed by atoms with van der Waals surface area (Å²) in [5, 5.41) is 3.33. The molecule has 2 rings (SSSR count). The van der Waals surface area contributed by atoms with Crippen molar-refractivity contribution in [1.82, 2.24) is 5.32 Å². The van der Waals surface area contributed by atoms with E-state index in [1.165, 1.54) is 13.5 Å². The monoisotopic (exact) mass is 209 g/mol. The Hall–Kier alpha value is -1.09. The molecule has 1 saturated heterocycles. The van der Waals surface area contributed by atoms with E-state index in [1.54, 1.807) is 6.07 Å². The SMILES string of the molecule is COc1cccc([C@@H]2CCCCN2)c1F. The third-order valence-corrected chi connectivity index (χ3v) is 2.90. The molecule has 1 aliphatic heterocycles. The van der Waals surface area contributed by atoms with Crippen LogP contribution in [0.3, 0.4) is 0 Å². The molecule has 0 aliphatic carbocycles. The summed E-state index contributed by atoms with van der Waals surface area (Å²) >= 11 is 0. The molecule has 1 aromatic rings. The molecule has 0 radical (unpaired) electrons. The molecule has 0 spiro atoms. The fraction of sp³-hybridized carbons (Fsp3) is 0.500. The average molecular weight is 209 g/mol. The molecular weight excluding hydrogens is 193 g/mol. The Bertz CT molecular complexity index is 334. The number of benzene rings is 1. The van der Waals surface area contributed by atoms with Gasteiger partial charge >= 0.3 is 0 Å². The van der Waals surface area contributed by atoms with Crippen LogP contribution in [0.1, 0.15) is 30.9 Å². The lowest BCUT2D eigenvalue weighted by Crippen LogP contribution is -2.27. The Kier molecular flexibility index (Phi) is 3.21. The minimum absolute atomic E-state index is 0.147. The first-order valence-electron chi connectivity index (χ1n) is 5.38. The second-order valence-electron chi connectivity index (χ2n) is 3.87. The van der Waals surface area contributed by atoms with E-state index in [0.29, 0.717) is 5.75 Å². The molecule has 0 saturated carbocycles. The van der Waals surface area contributed by atoms with Crippen LogP contribution in [0.4, 0.5) is 4.39 Å². The van der Waals surface area contributed by atoms with Crippen molar-refractivity contribution in [2.45, 2.75) is 25.3 Å². The maximum atomic E-state index is 13.9. The van der Waals surface area contributed by atoms with Crippen LogP contribution in [0.5, 0.6) is 5.75 Å². The molecule has 82 valence electrons. The van der Waals surface area contributed by atoms with Crippen molar-refractivity contribution in [3.05, 3.63) is 29.6 Å². The third-order valence-electron chi connectivity index (χ3n) is 2.90. The summed E-state index contributed by atoms with van der Waals surface area (Å²) in [6, 6.07) is 5.48. The molecule has 3 heteroatoms. The van der Waals surface area contributed by atoms with Crippen molar-refractivity contribution in [3.63, 3.8) is 0 Å². The van der Waals surface area contributed by atoms with E-state index in [9.17, 15) is 4.39 Å². The first-order valence-corrected chi connectivity index (χ1v) is 5.38. The zero-order valence-electron chi connectivity index (χ0n) is 8.92. The van der Waals surface area contributed by atoms with E-state index in [-0.39, 0.29) is 11.9 Å². The van der Waals surface area contributed by atoms with E-state index in [2.05, 4.69) is 5.32 Å². The molecule has 0 amide bonds. The van der Waals surface area contributed by atoms with Crippen LogP contribution in [0, 0.1) is 5.82 Å². The molecule has 15 heavy (non-hydrogen) atoms. The lowest BCUT2D eigenvalue weighted by molar-refractivity contribution is 0.366. The van der Waals surface area contributed by atoms with Crippen LogP contribution in [0.25, 0.3) is 0 Å². The third kappa shape index (κ3) is 2.12. The van der Waals surface area contributed by atoms with Gasteiger partial charge in [0.2, 0.25) is 0 Å². The number of rotatable bonds is 2. The van der Waals surface area contributed by atoms with Crippen LogP contribution in [-0.2, 0) is 0 Å². The number of hydrogen-bond acceptors (Lipinski definition) is 2. The van der Waals surface area contributed by atoms with Gasteiger partial charge in [-0.3, -0.25) is 0 Å². The lowest BCUT2D eigenvalue weighted by Gasteiger charge is -2.24. The topological polar surface area (TPSA) is 21.3 Å². The average Bonchev–Trinajstić information content (AvgIpc) is 2.30. The molecule has 1 N–H and O–H groups in total. The number of piperidine rings is 1. The predicted molar refractivity (Wildman–Crippen MR) is 57.5 cm³/mol. The fourth-order valence-electron chi connectivity index (χ4n) is 2.07. The van der Waals surface area contributed by atoms with Crippen LogP contribution in [-0.4, -0.2) is 13.7 Å². The summed E-state index contributed by atoms with van der Waals surface area (Å²) in [5.74, 6) is 0.110. The summed E-state index contributed by atoms with van der Waals surface area (Å²) in [4.78, 5) is 0. The van der Waals surface area contributed by atoms with E-state index in [4.69, 9.17) is 4.74 Å². The van der Waals surface area contributed by atoms with Gasteiger partial charge in [-0.15, -0.1) is 0 Å². The fourth-order valence-corrected chi connectivity index (χ4v) is 2.07. The number of methoxy groups -OCH3 is 1. The van der Waals surface area contributed by atoms with Gasteiger partial charge in [-0.25, -0.2) is 4.39 Å². The largest absolute Gasteiger partial charge is 0.494 e. The molecule has 1 aliphatic rings. The Labute approximate surface area is 89.4 Å². The van der Waals surface area contributed by atoms with Crippen molar-refractivity contribution in [2.75, 3.05) is 13.7 Å². The molecule has 1 heterocycles. The van der Waals surface area contributed by atoms with E-state index < -0.39 is 0 Å². The molecule has 0 bridgehead atoms. The predicted octanol–water partition coefficient (Wildman–Crippen LogP) is 2.65. The van der Waals surface area contributed by atoms with Gasteiger partial charge in [-0.1, -0.05) is 18.6 Å². The van der Waals surface area contributed by atoms with Crippen molar-refractivity contribution < 1.29 is 9.13 Å². The maximum absolute atomic E-state index is 13.9. The highest BCUT2D eigenvalue weighted by Crippen LogP contribution is 2.29. The van der Waals surface area contributed by atoms with Gasteiger partial charge in [-0.2, -0.15) is 0 Å². The molecule has 0 unspecified atom stereocenters. The molecular formula is C12H16FNO. The van der Waals surface area contributed by atoms with Crippen molar-refractivity contribution >= 4 is 0 Å². The normalized spacial score (nSPS) is 21.3. The minimum atomic E-state index is -0.223. The lowest BCUT2D eigenvalue weighted by atomic mass is 9.97. The number of ether oxygens (including phenoxy) is 1. The molecule has 2 nitrogen and oxygen atoms in total. The maximum Gasteiger partial charge on any atom is 0.169 e. The first-order chi connectivity index (χ1) is 7.33. The van der Waals surface area contributed by atoms with Gasteiger partial charge in [0.25, 0.3) is 0 Å². The quantitative estimate of drug-likeness (QED) is 0.808. The molecule has 0 aromatic heterocycles. The Morgan fingerprint density at radius 1 is 1.40 bits per heavy atom. The number of nitrogens with one attached hydrogen (secondary N) is 1. The summed E-state index contributed by atoms with van der Waals surface area (Å²) in [6.07, 6.45) is 3.35. The summed E-state index contributed by atoms with van der Waals surface area (Å²) in [6.45, 7) is 0.974. The van der Waals surface area contributed by atoms with Crippen LogP contribution in [0.15, 0.2) is 18.2 Å². The van der Waals surface area contributed by atoms with Gasteiger partial charge in [0.1, 0.15) is 0 Å². The van der Waals surface area contributed by atoms with Crippen LogP contribution < -0.4 is 10.1 Å². The van der Waals surface area contributed by atoms with Gasteiger partial charge < -0.3 is 10.1 Å². The van der Waals surface area contributed by atoms with Gasteiger partial charge in [0, 0.05) is 11.6 Å². The molecule has 1 atom stereocenters. The van der Waals surface area contributed by atoms with Crippen LogP contribution in [0.2, 0.25) is 0 Å². The smallest absolute Gasteiger partial charge is 0.169 e. The first kappa shape index (κ1) is 10.4. The summed E-state index contributed by atoms with van der Waals surface area (Å²) < 4.78 is 18.9. The Morgan fingerprint density at radius 3 is 2.93 bits per heavy atom. The molecule has 1 fully saturated rings. The second kappa shape index (κ2) is 4.62. The summed E-state index contributed by atoms with van der Waals surface area (Å²) in [5.41, 5.74) is 0.731. The highest BCUT2D eigenvalue weighted by Gasteiger charge is 2.19. The van der Waals surface area contributed by atoms with E-state index >= 15 is 0 Å². The van der Waals surface area contributed by atoms with Crippen LogP contribution >= 0.6 is 0 Å². The highest BCUT2D eigenvalue weighted by molar-refractivity contribution is 5.33. The van der Waals surface area contributed by atoms with Gasteiger partial charge in [0.15, 0.2) is 11.6 Å².